The lowest BCUT2D eigenvalue weighted by atomic mass is 9.82. The molecule has 0 radical (unpaired) electrons. The van der Waals surface area contributed by atoms with Gasteiger partial charge in [-0.3, -0.25) is 9.67 Å². The number of likely N-dealkylation sites (tertiary alicyclic amines) is 1. The topological polar surface area (TPSA) is 97.2 Å². The molecule has 5 rings (SSSR count). The van der Waals surface area contributed by atoms with Crippen molar-refractivity contribution in [2.75, 3.05) is 18.8 Å². The number of carbonyl (C=O) groups excluding carboxylic acids is 1. The summed E-state index contributed by atoms with van der Waals surface area (Å²) in [6.07, 6.45) is 3.54. The van der Waals surface area contributed by atoms with Crippen LogP contribution >= 0.6 is 0 Å². The first-order chi connectivity index (χ1) is 14.4. The van der Waals surface area contributed by atoms with Crippen LogP contribution in [0.3, 0.4) is 0 Å². The number of carbonyl (C=O) groups is 1. The smallest absolute Gasteiger partial charge is 0.323 e. The van der Waals surface area contributed by atoms with Crippen LogP contribution in [0.15, 0.2) is 42.6 Å². The molecule has 1 spiro atoms. The number of aromatic nitrogens is 3. The van der Waals surface area contributed by atoms with Crippen molar-refractivity contribution in [3.8, 4) is 11.3 Å². The van der Waals surface area contributed by atoms with Gasteiger partial charge < -0.3 is 4.90 Å². The maximum absolute atomic E-state index is 12.4. The van der Waals surface area contributed by atoms with Crippen molar-refractivity contribution in [1.82, 2.24) is 24.4 Å². The summed E-state index contributed by atoms with van der Waals surface area (Å²) in [5.74, 6) is -0.117. The Bertz CT molecular complexity index is 1250. The molecule has 1 atom stereocenters. The molecule has 2 aromatic heterocycles. The van der Waals surface area contributed by atoms with Crippen molar-refractivity contribution < 1.29 is 13.2 Å². The van der Waals surface area contributed by atoms with Gasteiger partial charge in [0.05, 0.1) is 17.0 Å². The fourth-order valence-electron chi connectivity index (χ4n) is 4.54. The second-order valence-corrected chi connectivity index (χ2v) is 10.1. The number of pyridine rings is 1. The number of urea groups is 1. The molecule has 1 fully saturated rings. The van der Waals surface area contributed by atoms with Crippen molar-refractivity contribution >= 4 is 27.0 Å². The fraction of sp³-hybridized carbons (Fsp3) is 0.381. The lowest BCUT2D eigenvalue weighted by molar-refractivity contribution is 0.211. The normalized spacial score (nSPS) is 20.8. The van der Waals surface area contributed by atoms with E-state index in [2.05, 4.69) is 21.8 Å². The molecule has 1 N–H and O–H groups in total. The van der Waals surface area contributed by atoms with Crippen LogP contribution in [0.1, 0.15) is 25.5 Å². The largest absolute Gasteiger partial charge is 0.331 e. The molecule has 2 amide bonds. The van der Waals surface area contributed by atoms with Crippen LogP contribution in [0.4, 0.5) is 4.79 Å². The molecule has 2 aliphatic heterocycles. The number of hydrogen-bond acceptors (Lipinski definition) is 5. The van der Waals surface area contributed by atoms with Gasteiger partial charge in [0.2, 0.25) is 10.0 Å². The summed E-state index contributed by atoms with van der Waals surface area (Å²) in [4.78, 5) is 18.6. The maximum atomic E-state index is 12.4. The molecule has 1 aromatic carbocycles. The Morgan fingerprint density at radius 1 is 1.20 bits per heavy atom. The number of rotatable bonds is 3. The SMILES string of the molecule is CCS(=O)(=O)NC(=O)N1CCC2(CCn3nc(-c4cnc5ccccc5c4)cc32)C1. The van der Waals surface area contributed by atoms with Crippen molar-refractivity contribution in [2.24, 2.45) is 0 Å². The molecule has 1 unspecified atom stereocenters. The molecular formula is C21H23N5O3S. The van der Waals surface area contributed by atoms with E-state index >= 15 is 0 Å². The highest BCUT2D eigenvalue weighted by Crippen LogP contribution is 2.43. The predicted molar refractivity (Wildman–Crippen MR) is 113 cm³/mol. The van der Waals surface area contributed by atoms with Gasteiger partial charge in [0.15, 0.2) is 0 Å². The highest BCUT2D eigenvalue weighted by molar-refractivity contribution is 7.90. The van der Waals surface area contributed by atoms with Crippen molar-refractivity contribution in [3.63, 3.8) is 0 Å². The molecule has 4 heterocycles. The van der Waals surface area contributed by atoms with Gasteiger partial charge >= 0.3 is 6.03 Å². The Balaban J connectivity index is 1.41. The molecule has 0 aliphatic carbocycles. The van der Waals surface area contributed by atoms with Gasteiger partial charge in [0.1, 0.15) is 0 Å². The summed E-state index contributed by atoms with van der Waals surface area (Å²) in [7, 11) is -3.57. The van der Waals surface area contributed by atoms with Gasteiger partial charge in [-0.15, -0.1) is 0 Å². The van der Waals surface area contributed by atoms with Crippen LogP contribution in [0, 0.1) is 0 Å². The quantitative estimate of drug-likeness (QED) is 0.695. The summed E-state index contributed by atoms with van der Waals surface area (Å²) in [5.41, 5.74) is 3.72. The van der Waals surface area contributed by atoms with Gasteiger partial charge in [-0.05, 0) is 38.0 Å². The highest BCUT2D eigenvalue weighted by atomic mass is 32.2. The predicted octanol–water partition coefficient (Wildman–Crippen LogP) is 2.50. The number of hydrogen-bond donors (Lipinski definition) is 1. The van der Waals surface area contributed by atoms with E-state index < -0.39 is 16.1 Å². The molecule has 9 heteroatoms. The highest BCUT2D eigenvalue weighted by Gasteiger charge is 2.47. The number of aryl methyl sites for hydroxylation is 1. The van der Waals surface area contributed by atoms with E-state index in [9.17, 15) is 13.2 Å². The summed E-state index contributed by atoms with van der Waals surface area (Å²) in [6, 6.07) is 11.6. The van der Waals surface area contributed by atoms with Crippen LogP contribution in [-0.4, -0.2) is 53.0 Å². The monoisotopic (exact) mass is 425 g/mol. The summed E-state index contributed by atoms with van der Waals surface area (Å²) < 4.78 is 27.7. The average Bonchev–Trinajstić information content (AvgIpc) is 3.44. The maximum Gasteiger partial charge on any atom is 0.331 e. The van der Waals surface area contributed by atoms with E-state index in [1.165, 1.54) is 6.92 Å². The standard InChI is InChI=1S/C21H23N5O3S/c1-2-30(28,29)24-20(27)25-9-7-21(14-25)8-10-26-19(21)12-18(23-26)16-11-15-5-3-4-6-17(15)22-13-16/h3-6,11-13H,2,7-10,14H2,1H3,(H,24,27). The van der Waals surface area contributed by atoms with E-state index in [0.717, 1.165) is 47.2 Å². The Morgan fingerprint density at radius 3 is 2.83 bits per heavy atom. The first kappa shape index (κ1) is 19.0. The number of sulfonamides is 1. The van der Waals surface area contributed by atoms with Crippen LogP contribution in [0.2, 0.25) is 0 Å². The van der Waals surface area contributed by atoms with Crippen LogP contribution in [0.5, 0.6) is 0 Å². The number of amides is 2. The first-order valence-electron chi connectivity index (χ1n) is 10.1. The third kappa shape index (κ3) is 3.13. The number of para-hydroxylation sites is 1. The zero-order chi connectivity index (χ0) is 20.9. The van der Waals surface area contributed by atoms with Gasteiger partial charge in [-0.25, -0.2) is 17.9 Å². The average molecular weight is 426 g/mol. The minimum Gasteiger partial charge on any atom is -0.323 e. The van der Waals surface area contributed by atoms with Gasteiger partial charge in [-0.2, -0.15) is 5.10 Å². The van der Waals surface area contributed by atoms with Crippen LogP contribution in [0.25, 0.3) is 22.2 Å². The number of benzene rings is 1. The van der Waals surface area contributed by atoms with Crippen molar-refractivity contribution in [1.29, 1.82) is 0 Å². The molecule has 3 aromatic rings. The third-order valence-corrected chi connectivity index (χ3v) is 7.52. The van der Waals surface area contributed by atoms with E-state index in [1.807, 2.05) is 35.1 Å². The zero-order valence-corrected chi connectivity index (χ0v) is 17.5. The van der Waals surface area contributed by atoms with Crippen molar-refractivity contribution in [2.45, 2.75) is 31.7 Å². The minimum absolute atomic E-state index is 0.117. The lowest BCUT2D eigenvalue weighted by Gasteiger charge is -2.23. The number of fused-ring (bicyclic) bond motifs is 3. The van der Waals surface area contributed by atoms with E-state index in [1.54, 1.807) is 4.90 Å². The van der Waals surface area contributed by atoms with Gasteiger partial charge in [-0.1, -0.05) is 18.2 Å². The Morgan fingerprint density at radius 2 is 2.00 bits per heavy atom. The van der Waals surface area contributed by atoms with Gasteiger partial charge in [0.25, 0.3) is 0 Å². The second kappa shape index (κ2) is 6.80. The molecular weight excluding hydrogens is 402 g/mol. The van der Waals surface area contributed by atoms with Crippen molar-refractivity contribution in [3.05, 3.63) is 48.3 Å². The van der Waals surface area contributed by atoms with E-state index in [4.69, 9.17) is 5.10 Å². The summed E-state index contributed by atoms with van der Waals surface area (Å²) in [5, 5.41) is 5.86. The molecule has 2 aliphatic rings. The van der Waals surface area contributed by atoms with E-state index in [0.29, 0.717) is 13.1 Å². The van der Waals surface area contributed by atoms with Crippen LogP contribution < -0.4 is 4.72 Å². The number of nitrogens with one attached hydrogen (secondary N) is 1. The third-order valence-electron chi connectivity index (χ3n) is 6.28. The lowest BCUT2D eigenvalue weighted by Crippen LogP contribution is -2.43. The molecule has 156 valence electrons. The Hall–Kier alpha value is -2.94. The molecule has 8 nitrogen and oxygen atoms in total. The molecule has 30 heavy (non-hydrogen) atoms. The Labute approximate surface area is 175 Å². The number of nitrogens with zero attached hydrogens (tertiary/aromatic N) is 4. The van der Waals surface area contributed by atoms with E-state index in [-0.39, 0.29) is 11.2 Å². The summed E-state index contributed by atoms with van der Waals surface area (Å²) in [6.45, 7) is 3.33. The van der Waals surface area contributed by atoms with Gasteiger partial charge in [0, 0.05) is 47.9 Å². The minimum atomic E-state index is -3.57. The fourth-order valence-corrected chi connectivity index (χ4v) is 5.08. The summed E-state index contributed by atoms with van der Waals surface area (Å²) >= 11 is 0. The second-order valence-electron chi connectivity index (χ2n) is 8.07. The van der Waals surface area contributed by atoms with Crippen LogP contribution in [-0.2, 0) is 22.0 Å². The zero-order valence-electron chi connectivity index (χ0n) is 16.7. The molecule has 0 saturated carbocycles. The first-order valence-corrected chi connectivity index (χ1v) is 11.8. The Kier molecular flexibility index (Phi) is 4.32. The molecule has 0 bridgehead atoms. The molecule has 1 saturated heterocycles.